The average Bonchev–Trinajstić information content (AvgIpc) is 2.36. The van der Waals surface area contributed by atoms with Crippen molar-refractivity contribution in [3.05, 3.63) is 29.8 Å². The number of esters is 1. The Morgan fingerprint density at radius 2 is 1.84 bits per heavy atom. The van der Waals surface area contributed by atoms with Crippen LogP contribution < -0.4 is 4.74 Å². The molecule has 0 amide bonds. The summed E-state index contributed by atoms with van der Waals surface area (Å²) in [6.45, 7) is 1.53. The lowest BCUT2D eigenvalue weighted by molar-refractivity contribution is -0.148. The van der Waals surface area contributed by atoms with Gasteiger partial charge in [0.1, 0.15) is 11.4 Å². The van der Waals surface area contributed by atoms with Gasteiger partial charge in [0.15, 0.2) is 5.78 Å². The molecule has 19 heavy (non-hydrogen) atoms. The van der Waals surface area contributed by atoms with E-state index in [2.05, 4.69) is 0 Å². The summed E-state index contributed by atoms with van der Waals surface area (Å²) in [5.74, 6) is 0.466. The summed E-state index contributed by atoms with van der Waals surface area (Å²) in [6.07, 6.45) is 3.05. The molecule has 1 aliphatic carbocycles. The molecule has 1 aliphatic rings. The number of rotatable bonds is 5. The highest BCUT2D eigenvalue weighted by Gasteiger charge is 2.41. The SMILES string of the molecule is COC(=O)CC1(Oc2ccc(C(C)=O)cc2)CCC1. The minimum atomic E-state index is -0.426. The molecule has 0 aliphatic heterocycles. The van der Waals surface area contributed by atoms with E-state index in [0.717, 1.165) is 19.3 Å². The zero-order valence-electron chi connectivity index (χ0n) is 11.3. The molecule has 0 N–H and O–H groups in total. The Morgan fingerprint density at radius 3 is 2.26 bits per heavy atom. The van der Waals surface area contributed by atoms with Crippen molar-refractivity contribution in [1.82, 2.24) is 0 Å². The number of methoxy groups -OCH3 is 1. The number of hydrogen-bond donors (Lipinski definition) is 0. The van der Waals surface area contributed by atoms with Crippen LogP contribution in [-0.2, 0) is 9.53 Å². The molecule has 0 atom stereocenters. The van der Waals surface area contributed by atoms with Gasteiger partial charge in [-0.15, -0.1) is 0 Å². The Balaban J connectivity index is 2.06. The van der Waals surface area contributed by atoms with E-state index >= 15 is 0 Å². The summed E-state index contributed by atoms with van der Waals surface area (Å²) in [6, 6.07) is 7.02. The maximum Gasteiger partial charge on any atom is 0.309 e. The van der Waals surface area contributed by atoms with Crippen LogP contribution >= 0.6 is 0 Å². The van der Waals surface area contributed by atoms with Gasteiger partial charge in [-0.05, 0) is 50.5 Å². The first-order chi connectivity index (χ1) is 9.04. The molecule has 1 fully saturated rings. The van der Waals surface area contributed by atoms with Crippen molar-refractivity contribution >= 4 is 11.8 Å². The van der Waals surface area contributed by atoms with E-state index < -0.39 is 5.60 Å². The molecule has 0 radical (unpaired) electrons. The van der Waals surface area contributed by atoms with E-state index in [4.69, 9.17) is 9.47 Å². The molecule has 0 spiro atoms. The molecule has 0 saturated heterocycles. The fourth-order valence-electron chi connectivity index (χ4n) is 2.23. The van der Waals surface area contributed by atoms with Gasteiger partial charge in [0.25, 0.3) is 0 Å². The van der Waals surface area contributed by atoms with Crippen molar-refractivity contribution in [2.45, 2.75) is 38.2 Å². The van der Waals surface area contributed by atoms with E-state index in [1.54, 1.807) is 24.3 Å². The molecule has 102 valence electrons. The fraction of sp³-hybridized carbons (Fsp3) is 0.467. The first-order valence-corrected chi connectivity index (χ1v) is 6.41. The third-order valence-corrected chi connectivity index (χ3v) is 3.55. The number of carbonyl (C=O) groups excluding carboxylic acids is 2. The van der Waals surface area contributed by atoms with Crippen LogP contribution in [0.1, 0.15) is 43.0 Å². The van der Waals surface area contributed by atoms with Crippen molar-refractivity contribution in [2.24, 2.45) is 0 Å². The third kappa shape index (κ3) is 3.13. The highest BCUT2D eigenvalue weighted by molar-refractivity contribution is 5.94. The molecule has 1 aromatic rings. The first kappa shape index (κ1) is 13.6. The summed E-state index contributed by atoms with van der Waals surface area (Å²) < 4.78 is 10.6. The second-order valence-electron chi connectivity index (χ2n) is 4.97. The molecular formula is C15H18O4. The topological polar surface area (TPSA) is 52.6 Å². The molecule has 4 heteroatoms. The largest absolute Gasteiger partial charge is 0.487 e. The van der Waals surface area contributed by atoms with Crippen molar-refractivity contribution in [2.75, 3.05) is 7.11 Å². The lowest BCUT2D eigenvalue weighted by Gasteiger charge is -2.41. The van der Waals surface area contributed by atoms with Gasteiger partial charge in [0.2, 0.25) is 0 Å². The number of ether oxygens (including phenoxy) is 2. The molecule has 0 heterocycles. The van der Waals surface area contributed by atoms with Crippen LogP contribution in [0.5, 0.6) is 5.75 Å². The maximum atomic E-state index is 11.4. The quantitative estimate of drug-likeness (QED) is 0.605. The highest BCUT2D eigenvalue weighted by Crippen LogP contribution is 2.39. The molecule has 0 aromatic heterocycles. The van der Waals surface area contributed by atoms with Crippen molar-refractivity contribution in [3.63, 3.8) is 0 Å². The minimum absolute atomic E-state index is 0.0273. The minimum Gasteiger partial charge on any atom is -0.487 e. The van der Waals surface area contributed by atoms with E-state index in [9.17, 15) is 9.59 Å². The average molecular weight is 262 g/mol. The number of ketones is 1. The van der Waals surface area contributed by atoms with Crippen molar-refractivity contribution < 1.29 is 19.1 Å². The first-order valence-electron chi connectivity index (χ1n) is 6.41. The lowest BCUT2D eigenvalue weighted by atomic mass is 9.77. The van der Waals surface area contributed by atoms with Crippen molar-refractivity contribution in [3.8, 4) is 5.75 Å². The number of benzene rings is 1. The van der Waals surface area contributed by atoms with Gasteiger partial charge in [0.05, 0.1) is 13.5 Å². The van der Waals surface area contributed by atoms with E-state index in [-0.39, 0.29) is 18.2 Å². The Morgan fingerprint density at radius 1 is 1.21 bits per heavy atom. The Bertz CT molecular complexity index is 471. The zero-order valence-corrected chi connectivity index (χ0v) is 11.3. The van der Waals surface area contributed by atoms with Gasteiger partial charge in [-0.25, -0.2) is 0 Å². The second kappa shape index (κ2) is 5.43. The smallest absolute Gasteiger partial charge is 0.309 e. The van der Waals surface area contributed by atoms with Gasteiger partial charge < -0.3 is 9.47 Å². The summed E-state index contributed by atoms with van der Waals surface area (Å²) >= 11 is 0. The van der Waals surface area contributed by atoms with Gasteiger partial charge >= 0.3 is 5.97 Å². The predicted molar refractivity (Wildman–Crippen MR) is 70.3 cm³/mol. The fourth-order valence-corrected chi connectivity index (χ4v) is 2.23. The van der Waals surface area contributed by atoms with Crippen LogP contribution in [0.15, 0.2) is 24.3 Å². The number of Topliss-reactive ketones (excluding diaryl/α,β-unsaturated/α-hetero) is 1. The zero-order chi connectivity index (χ0) is 13.9. The van der Waals surface area contributed by atoms with E-state index in [1.807, 2.05) is 0 Å². The van der Waals surface area contributed by atoms with Gasteiger partial charge in [-0.1, -0.05) is 0 Å². The second-order valence-corrected chi connectivity index (χ2v) is 4.97. The molecular weight excluding hydrogens is 244 g/mol. The number of hydrogen-bond acceptors (Lipinski definition) is 4. The molecule has 1 saturated carbocycles. The summed E-state index contributed by atoms with van der Waals surface area (Å²) in [4.78, 5) is 22.6. The van der Waals surface area contributed by atoms with Crippen LogP contribution in [0, 0.1) is 0 Å². The standard InChI is InChI=1S/C15H18O4/c1-11(16)12-4-6-13(7-5-12)19-15(8-3-9-15)10-14(17)18-2/h4-7H,3,8-10H2,1-2H3. The van der Waals surface area contributed by atoms with Gasteiger partial charge in [-0.3, -0.25) is 9.59 Å². The highest BCUT2D eigenvalue weighted by atomic mass is 16.5. The van der Waals surface area contributed by atoms with Crippen molar-refractivity contribution in [1.29, 1.82) is 0 Å². The third-order valence-electron chi connectivity index (χ3n) is 3.55. The summed E-state index contributed by atoms with van der Waals surface area (Å²) in [7, 11) is 1.39. The van der Waals surface area contributed by atoms with Crippen LogP contribution in [0.25, 0.3) is 0 Å². The van der Waals surface area contributed by atoms with Crippen LogP contribution in [0.3, 0.4) is 0 Å². The monoisotopic (exact) mass is 262 g/mol. The van der Waals surface area contributed by atoms with Crippen LogP contribution in [0.4, 0.5) is 0 Å². The Hall–Kier alpha value is -1.84. The Labute approximate surface area is 112 Å². The predicted octanol–water partition coefficient (Wildman–Crippen LogP) is 2.75. The molecule has 0 bridgehead atoms. The summed E-state index contributed by atoms with van der Waals surface area (Å²) in [5, 5.41) is 0. The Kier molecular flexibility index (Phi) is 3.88. The van der Waals surface area contributed by atoms with Crippen LogP contribution in [0.2, 0.25) is 0 Å². The van der Waals surface area contributed by atoms with Gasteiger partial charge in [0, 0.05) is 5.56 Å². The molecule has 0 unspecified atom stereocenters. The van der Waals surface area contributed by atoms with E-state index in [1.165, 1.54) is 14.0 Å². The molecule has 4 nitrogen and oxygen atoms in total. The van der Waals surface area contributed by atoms with E-state index in [0.29, 0.717) is 11.3 Å². The lowest BCUT2D eigenvalue weighted by Crippen LogP contribution is -2.45. The number of carbonyl (C=O) groups is 2. The van der Waals surface area contributed by atoms with Crippen LogP contribution in [-0.4, -0.2) is 24.5 Å². The molecule has 1 aromatic carbocycles. The normalized spacial score (nSPS) is 16.3. The van der Waals surface area contributed by atoms with Gasteiger partial charge in [-0.2, -0.15) is 0 Å². The maximum absolute atomic E-state index is 11.4. The summed E-state index contributed by atoms with van der Waals surface area (Å²) in [5.41, 5.74) is 0.230. The molecule has 2 rings (SSSR count).